The molecule has 0 aliphatic carbocycles. The van der Waals surface area contributed by atoms with Crippen LogP contribution >= 0.6 is 0 Å². The summed E-state index contributed by atoms with van der Waals surface area (Å²) in [5, 5.41) is 8.71. The molecule has 7 heteroatoms. The fraction of sp³-hybridized carbons (Fsp3) is 0.471. The maximum absolute atomic E-state index is 12.6. The van der Waals surface area contributed by atoms with Crippen LogP contribution in [-0.2, 0) is 9.59 Å². The molecule has 24 heavy (non-hydrogen) atoms. The number of carboxylic acids is 1. The van der Waals surface area contributed by atoms with Crippen molar-refractivity contribution >= 4 is 17.8 Å². The van der Waals surface area contributed by atoms with E-state index < -0.39 is 12.6 Å². The van der Waals surface area contributed by atoms with Crippen LogP contribution in [0.3, 0.4) is 0 Å². The van der Waals surface area contributed by atoms with E-state index in [2.05, 4.69) is 0 Å². The van der Waals surface area contributed by atoms with Gasteiger partial charge < -0.3 is 20.5 Å². The Bertz CT molecular complexity index is 640. The summed E-state index contributed by atoms with van der Waals surface area (Å²) in [5.74, 6) is -1.14. The predicted octanol–water partition coefficient (Wildman–Crippen LogP) is 1.10. The number of hydrogen-bond acceptors (Lipinski definition) is 4. The van der Waals surface area contributed by atoms with Gasteiger partial charge in [0.15, 0.2) is 6.61 Å². The summed E-state index contributed by atoms with van der Waals surface area (Å²) in [6.07, 6.45) is 1.16. The van der Waals surface area contributed by atoms with Gasteiger partial charge in [-0.2, -0.15) is 0 Å². The summed E-state index contributed by atoms with van der Waals surface area (Å²) in [5.41, 5.74) is 7.27. The second-order valence-electron chi connectivity index (χ2n) is 6.09. The number of aryl methyl sites for hydroxylation is 2. The quantitative estimate of drug-likeness (QED) is 0.838. The number of carbonyl (C=O) groups excluding carboxylic acids is 2. The number of aliphatic carboxylic acids is 1. The predicted molar refractivity (Wildman–Crippen MR) is 86.9 cm³/mol. The fourth-order valence-electron chi connectivity index (χ4n) is 2.98. The number of amides is 2. The van der Waals surface area contributed by atoms with Crippen molar-refractivity contribution < 1.29 is 24.2 Å². The van der Waals surface area contributed by atoms with E-state index in [-0.39, 0.29) is 17.7 Å². The number of piperidine rings is 1. The topological polar surface area (TPSA) is 110 Å². The molecule has 1 aliphatic rings. The molecular formula is C17H22N2O5. The number of rotatable bonds is 5. The number of nitrogens with zero attached hydrogens (tertiary/aromatic N) is 1. The van der Waals surface area contributed by atoms with Crippen LogP contribution in [0.25, 0.3) is 0 Å². The lowest BCUT2D eigenvalue weighted by Crippen LogP contribution is -2.41. The molecule has 0 atom stereocenters. The Morgan fingerprint density at radius 3 is 2.21 bits per heavy atom. The van der Waals surface area contributed by atoms with Crippen LogP contribution < -0.4 is 10.5 Å². The van der Waals surface area contributed by atoms with Gasteiger partial charge in [0.25, 0.3) is 5.91 Å². The standard InChI is InChI=1S/C17H22N2O5/c1-10-7-13(8-11(2)15(10)24-9-14(20)21)17(23)19-5-3-12(4-6-19)16(18)22/h7-8,12H,3-6,9H2,1-2H3,(H2,18,22)(H,20,21). The molecule has 2 amide bonds. The summed E-state index contributed by atoms with van der Waals surface area (Å²) >= 11 is 0. The number of carbonyl (C=O) groups is 3. The van der Waals surface area contributed by atoms with Gasteiger partial charge in [-0.25, -0.2) is 4.79 Å². The van der Waals surface area contributed by atoms with Gasteiger partial charge in [0.05, 0.1) is 0 Å². The third-order valence-corrected chi connectivity index (χ3v) is 4.23. The van der Waals surface area contributed by atoms with Gasteiger partial charge in [-0.1, -0.05) is 0 Å². The zero-order valence-electron chi connectivity index (χ0n) is 13.9. The van der Waals surface area contributed by atoms with Crippen LogP contribution in [-0.4, -0.2) is 47.5 Å². The van der Waals surface area contributed by atoms with Gasteiger partial charge in [-0.3, -0.25) is 9.59 Å². The van der Waals surface area contributed by atoms with Gasteiger partial charge in [-0.05, 0) is 49.9 Å². The molecule has 1 heterocycles. The number of carboxylic acid groups (broad SMARTS) is 1. The average Bonchev–Trinajstić information content (AvgIpc) is 2.53. The zero-order chi connectivity index (χ0) is 17.9. The number of nitrogens with two attached hydrogens (primary N) is 1. The Morgan fingerprint density at radius 1 is 1.21 bits per heavy atom. The van der Waals surface area contributed by atoms with Crippen LogP contribution in [0, 0.1) is 19.8 Å². The SMILES string of the molecule is Cc1cc(C(=O)N2CCC(C(N)=O)CC2)cc(C)c1OCC(=O)O. The maximum Gasteiger partial charge on any atom is 0.341 e. The Hall–Kier alpha value is -2.57. The lowest BCUT2D eigenvalue weighted by atomic mass is 9.95. The van der Waals surface area contributed by atoms with Crippen LogP contribution in [0.2, 0.25) is 0 Å². The van der Waals surface area contributed by atoms with Crippen molar-refractivity contribution in [3.05, 3.63) is 28.8 Å². The van der Waals surface area contributed by atoms with E-state index in [9.17, 15) is 14.4 Å². The molecule has 1 saturated heterocycles. The number of ether oxygens (including phenoxy) is 1. The molecule has 0 saturated carbocycles. The van der Waals surface area contributed by atoms with Gasteiger partial charge in [0.2, 0.25) is 5.91 Å². The molecule has 0 aromatic heterocycles. The van der Waals surface area contributed by atoms with Crippen molar-refractivity contribution in [3.8, 4) is 5.75 Å². The largest absolute Gasteiger partial charge is 0.481 e. The minimum atomic E-state index is -1.05. The number of hydrogen-bond donors (Lipinski definition) is 2. The Balaban J connectivity index is 2.10. The van der Waals surface area contributed by atoms with E-state index in [1.54, 1.807) is 30.9 Å². The minimum Gasteiger partial charge on any atom is -0.481 e. The number of benzene rings is 1. The monoisotopic (exact) mass is 334 g/mol. The molecule has 0 bridgehead atoms. The maximum atomic E-state index is 12.6. The molecule has 1 aliphatic heterocycles. The lowest BCUT2D eigenvalue weighted by molar-refractivity contribution is -0.139. The van der Waals surface area contributed by atoms with E-state index >= 15 is 0 Å². The Labute approximate surface area is 140 Å². The van der Waals surface area contributed by atoms with E-state index in [0.29, 0.717) is 48.4 Å². The normalized spacial score (nSPS) is 15.2. The van der Waals surface area contributed by atoms with Crippen LogP contribution in [0.15, 0.2) is 12.1 Å². The molecule has 3 N–H and O–H groups in total. The first-order valence-electron chi connectivity index (χ1n) is 7.84. The number of likely N-dealkylation sites (tertiary alicyclic amines) is 1. The fourth-order valence-corrected chi connectivity index (χ4v) is 2.98. The summed E-state index contributed by atoms with van der Waals surface area (Å²) in [7, 11) is 0. The van der Waals surface area contributed by atoms with Crippen molar-refractivity contribution in [3.63, 3.8) is 0 Å². The van der Waals surface area contributed by atoms with Gasteiger partial charge >= 0.3 is 5.97 Å². The number of primary amides is 1. The second kappa shape index (κ2) is 7.33. The molecule has 1 fully saturated rings. The van der Waals surface area contributed by atoms with Gasteiger partial charge in [-0.15, -0.1) is 0 Å². The van der Waals surface area contributed by atoms with Gasteiger partial charge in [0, 0.05) is 24.6 Å². The molecule has 0 spiro atoms. The highest BCUT2D eigenvalue weighted by molar-refractivity contribution is 5.95. The molecular weight excluding hydrogens is 312 g/mol. The van der Waals surface area contributed by atoms with Crippen molar-refractivity contribution in [2.24, 2.45) is 11.7 Å². The lowest BCUT2D eigenvalue weighted by Gasteiger charge is -2.30. The van der Waals surface area contributed by atoms with Crippen molar-refractivity contribution in [2.45, 2.75) is 26.7 Å². The second-order valence-corrected chi connectivity index (χ2v) is 6.09. The molecule has 130 valence electrons. The van der Waals surface area contributed by atoms with Crippen LogP contribution in [0.1, 0.15) is 34.3 Å². The average molecular weight is 334 g/mol. The van der Waals surface area contributed by atoms with E-state index in [0.717, 1.165) is 0 Å². The van der Waals surface area contributed by atoms with E-state index in [4.69, 9.17) is 15.6 Å². The highest BCUT2D eigenvalue weighted by Gasteiger charge is 2.27. The first-order valence-corrected chi connectivity index (χ1v) is 7.84. The first kappa shape index (κ1) is 17.8. The molecule has 1 aromatic rings. The highest BCUT2D eigenvalue weighted by Crippen LogP contribution is 2.26. The van der Waals surface area contributed by atoms with Gasteiger partial charge in [0.1, 0.15) is 5.75 Å². The Kier molecular flexibility index (Phi) is 5.43. The minimum absolute atomic E-state index is 0.103. The van der Waals surface area contributed by atoms with Crippen molar-refractivity contribution in [2.75, 3.05) is 19.7 Å². The molecule has 7 nitrogen and oxygen atoms in total. The molecule has 2 rings (SSSR count). The summed E-state index contributed by atoms with van der Waals surface area (Å²) in [6.45, 7) is 4.14. The summed E-state index contributed by atoms with van der Waals surface area (Å²) < 4.78 is 5.27. The third kappa shape index (κ3) is 4.04. The first-order chi connectivity index (χ1) is 11.3. The zero-order valence-corrected chi connectivity index (χ0v) is 13.9. The Morgan fingerprint density at radius 2 is 1.75 bits per heavy atom. The summed E-state index contributed by atoms with van der Waals surface area (Å²) in [6, 6.07) is 3.40. The van der Waals surface area contributed by atoms with E-state index in [1.165, 1.54) is 0 Å². The smallest absolute Gasteiger partial charge is 0.341 e. The molecule has 0 unspecified atom stereocenters. The summed E-state index contributed by atoms with van der Waals surface area (Å²) in [4.78, 5) is 36.2. The highest BCUT2D eigenvalue weighted by atomic mass is 16.5. The van der Waals surface area contributed by atoms with Crippen molar-refractivity contribution in [1.29, 1.82) is 0 Å². The third-order valence-electron chi connectivity index (χ3n) is 4.23. The van der Waals surface area contributed by atoms with Crippen LogP contribution in [0.4, 0.5) is 0 Å². The molecule has 0 radical (unpaired) electrons. The van der Waals surface area contributed by atoms with Crippen LogP contribution in [0.5, 0.6) is 5.75 Å². The van der Waals surface area contributed by atoms with Crippen molar-refractivity contribution in [1.82, 2.24) is 4.90 Å². The molecule has 1 aromatic carbocycles. The van der Waals surface area contributed by atoms with E-state index in [1.807, 2.05) is 0 Å².